The van der Waals surface area contributed by atoms with E-state index in [0.717, 1.165) is 0 Å². The number of nitrogens with zero attached hydrogens (tertiary/aromatic N) is 4. The summed E-state index contributed by atoms with van der Waals surface area (Å²) in [6, 6.07) is 8.92. The fourth-order valence-corrected chi connectivity index (χ4v) is 1.95. The van der Waals surface area contributed by atoms with Crippen LogP contribution in [0.2, 0.25) is 0 Å². The second kappa shape index (κ2) is 6.24. The van der Waals surface area contributed by atoms with Crippen LogP contribution in [0.4, 0.5) is 5.69 Å². The van der Waals surface area contributed by atoms with Crippen LogP contribution in [-0.2, 0) is 9.53 Å². The molecule has 110 valence electrons. The standard InChI is InChI=1S/C14H16N4O3/c1-4-21-14-17(2)13(19)12(9-15)16-18(14)10-5-7-11(20-3)8-6-10/h5-8,14H,4H2,1-3H3. The van der Waals surface area contributed by atoms with Gasteiger partial charge in [0.15, 0.2) is 0 Å². The highest BCUT2D eigenvalue weighted by molar-refractivity contribution is 6.45. The third-order valence-electron chi connectivity index (χ3n) is 3.03. The number of methoxy groups -OCH3 is 1. The summed E-state index contributed by atoms with van der Waals surface area (Å²) >= 11 is 0. The number of hydrogen-bond acceptors (Lipinski definition) is 6. The zero-order valence-electron chi connectivity index (χ0n) is 12.1. The molecular weight excluding hydrogens is 272 g/mol. The number of carbonyl (C=O) groups is 1. The van der Waals surface area contributed by atoms with E-state index in [-0.39, 0.29) is 5.71 Å². The predicted octanol–water partition coefficient (Wildman–Crippen LogP) is 1.17. The summed E-state index contributed by atoms with van der Waals surface area (Å²) in [6.45, 7) is 2.24. The zero-order valence-corrected chi connectivity index (χ0v) is 12.1. The number of hydrazone groups is 1. The van der Waals surface area contributed by atoms with E-state index in [4.69, 9.17) is 14.7 Å². The number of ether oxygens (including phenoxy) is 2. The lowest BCUT2D eigenvalue weighted by molar-refractivity contribution is -0.137. The van der Waals surface area contributed by atoms with E-state index < -0.39 is 12.3 Å². The van der Waals surface area contributed by atoms with Crippen molar-refractivity contribution in [3.63, 3.8) is 0 Å². The Hall–Kier alpha value is -2.59. The van der Waals surface area contributed by atoms with Crippen LogP contribution in [0.5, 0.6) is 5.75 Å². The van der Waals surface area contributed by atoms with Crippen molar-refractivity contribution in [1.82, 2.24) is 4.90 Å². The summed E-state index contributed by atoms with van der Waals surface area (Å²) in [7, 11) is 3.16. The van der Waals surface area contributed by atoms with Crippen molar-refractivity contribution >= 4 is 17.3 Å². The summed E-state index contributed by atoms with van der Waals surface area (Å²) in [5.41, 5.74) is 0.519. The maximum absolute atomic E-state index is 12.0. The van der Waals surface area contributed by atoms with Crippen LogP contribution in [0.3, 0.4) is 0 Å². The Balaban J connectivity index is 2.42. The minimum absolute atomic E-state index is 0.177. The van der Waals surface area contributed by atoms with Gasteiger partial charge in [0.05, 0.1) is 12.8 Å². The van der Waals surface area contributed by atoms with Gasteiger partial charge in [-0.15, -0.1) is 0 Å². The summed E-state index contributed by atoms with van der Waals surface area (Å²) in [6.07, 6.45) is -0.687. The number of carbonyl (C=O) groups excluding carboxylic acids is 1. The molecular formula is C14H16N4O3. The Morgan fingerprint density at radius 2 is 2.05 bits per heavy atom. The van der Waals surface area contributed by atoms with Crippen molar-refractivity contribution in [3.05, 3.63) is 24.3 Å². The summed E-state index contributed by atoms with van der Waals surface area (Å²) in [5.74, 6) is 0.248. The monoisotopic (exact) mass is 288 g/mol. The fraction of sp³-hybridized carbons (Fsp3) is 0.357. The van der Waals surface area contributed by atoms with Crippen molar-refractivity contribution in [3.8, 4) is 11.8 Å². The van der Waals surface area contributed by atoms with Crippen LogP contribution in [0.15, 0.2) is 29.4 Å². The molecule has 0 radical (unpaired) electrons. The van der Waals surface area contributed by atoms with Crippen LogP contribution in [0.1, 0.15) is 6.92 Å². The molecule has 1 atom stereocenters. The third-order valence-corrected chi connectivity index (χ3v) is 3.03. The second-order valence-electron chi connectivity index (χ2n) is 4.30. The maximum atomic E-state index is 12.0. The highest BCUT2D eigenvalue weighted by atomic mass is 16.5. The molecule has 1 aromatic carbocycles. The maximum Gasteiger partial charge on any atom is 0.288 e. The molecule has 0 aliphatic carbocycles. The number of hydrogen-bond donors (Lipinski definition) is 0. The lowest BCUT2D eigenvalue weighted by Gasteiger charge is -2.38. The Labute approximate surface area is 123 Å². The van der Waals surface area contributed by atoms with Crippen molar-refractivity contribution < 1.29 is 14.3 Å². The van der Waals surface area contributed by atoms with Gasteiger partial charge >= 0.3 is 0 Å². The number of nitriles is 1. The molecule has 1 heterocycles. The van der Waals surface area contributed by atoms with E-state index in [9.17, 15) is 4.79 Å². The van der Waals surface area contributed by atoms with Crippen molar-refractivity contribution in [2.75, 3.05) is 25.8 Å². The quantitative estimate of drug-likeness (QED) is 0.831. The van der Waals surface area contributed by atoms with Gasteiger partial charge in [-0.05, 0) is 31.2 Å². The average molecular weight is 288 g/mol. The van der Waals surface area contributed by atoms with Crippen molar-refractivity contribution in [1.29, 1.82) is 5.26 Å². The average Bonchev–Trinajstić information content (AvgIpc) is 2.52. The summed E-state index contributed by atoms with van der Waals surface area (Å²) in [4.78, 5) is 13.3. The van der Waals surface area contributed by atoms with Crippen LogP contribution in [0.25, 0.3) is 0 Å². The Kier molecular flexibility index (Phi) is 4.40. The molecule has 7 heteroatoms. The van der Waals surface area contributed by atoms with Gasteiger partial charge in [-0.1, -0.05) is 0 Å². The molecule has 1 aliphatic heterocycles. The largest absolute Gasteiger partial charge is 0.497 e. The molecule has 0 saturated carbocycles. The molecule has 1 aliphatic rings. The summed E-state index contributed by atoms with van der Waals surface area (Å²) < 4.78 is 10.7. The molecule has 0 saturated heterocycles. The number of anilines is 1. The van der Waals surface area contributed by atoms with E-state index in [2.05, 4.69) is 5.10 Å². The first-order chi connectivity index (χ1) is 10.1. The van der Waals surface area contributed by atoms with Gasteiger partial charge < -0.3 is 9.47 Å². The number of benzene rings is 1. The van der Waals surface area contributed by atoms with Crippen LogP contribution >= 0.6 is 0 Å². The van der Waals surface area contributed by atoms with Gasteiger partial charge in [0.2, 0.25) is 12.1 Å². The van der Waals surface area contributed by atoms with E-state index in [1.54, 1.807) is 44.5 Å². The number of rotatable bonds is 4. The normalized spacial score (nSPS) is 18.3. The minimum Gasteiger partial charge on any atom is -0.497 e. The molecule has 0 N–H and O–H groups in total. The van der Waals surface area contributed by atoms with Crippen LogP contribution in [0, 0.1) is 11.3 Å². The smallest absolute Gasteiger partial charge is 0.288 e. The molecule has 21 heavy (non-hydrogen) atoms. The lowest BCUT2D eigenvalue weighted by atomic mass is 10.2. The van der Waals surface area contributed by atoms with E-state index >= 15 is 0 Å². The molecule has 1 unspecified atom stereocenters. The highest BCUT2D eigenvalue weighted by Gasteiger charge is 2.35. The van der Waals surface area contributed by atoms with E-state index in [1.807, 2.05) is 6.92 Å². The first-order valence-corrected chi connectivity index (χ1v) is 6.43. The van der Waals surface area contributed by atoms with Gasteiger partial charge in [-0.3, -0.25) is 9.69 Å². The summed E-state index contributed by atoms with van der Waals surface area (Å²) in [5, 5.41) is 14.6. The van der Waals surface area contributed by atoms with Gasteiger partial charge in [0, 0.05) is 13.7 Å². The van der Waals surface area contributed by atoms with Crippen molar-refractivity contribution in [2.45, 2.75) is 13.3 Å². The molecule has 0 bridgehead atoms. The first-order valence-electron chi connectivity index (χ1n) is 6.43. The third kappa shape index (κ3) is 2.80. The molecule has 1 aromatic rings. The van der Waals surface area contributed by atoms with Crippen molar-refractivity contribution in [2.24, 2.45) is 5.10 Å². The zero-order chi connectivity index (χ0) is 15.4. The molecule has 2 rings (SSSR count). The van der Waals surface area contributed by atoms with Gasteiger partial charge in [0.25, 0.3) is 5.91 Å². The van der Waals surface area contributed by atoms with Gasteiger partial charge in [-0.2, -0.15) is 10.4 Å². The number of amides is 1. The predicted molar refractivity (Wildman–Crippen MR) is 76.7 cm³/mol. The minimum atomic E-state index is -0.687. The second-order valence-corrected chi connectivity index (χ2v) is 4.30. The molecule has 0 spiro atoms. The molecule has 7 nitrogen and oxygen atoms in total. The Bertz CT molecular complexity index is 591. The fourth-order valence-electron chi connectivity index (χ4n) is 1.95. The Morgan fingerprint density at radius 3 is 2.57 bits per heavy atom. The molecule has 1 amide bonds. The van der Waals surface area contributed by atoms with E-state index in [1.165, 1.54) is 9.91 Å². The molecule has 0 aromatic heterocycles. The molecule has 0 fully saturated rings. The Morgan fingerprint density at radius 1 is 1.38 bits per heavy atom. The van der Waals surface area contributed by atoms with Crippen LogP contribution < -0.4 is 9.75 Å². The van der Waals surface area contributed by atoms with Gasteiger partial charge in [0.1, 0.15) is 11.8 Å². The first kappa shape index (κ1) is 14.8. The lowest BCUT2D eigenvalue weighted by Crippen LogP contribution is -2.55. The highest BCUT2D eigenvalue weighted by Crippen LogP contribution is 2.25. The van der Waals surface area contributed by atoms with Crippen LogP contribution in [-0.4, -0.2) is 43.6 Å². The topological polar surface area (TPSA) is 78.2 Å². The van der Waals surface area contributed by atoms with Gasteiger partial charge in [-0.25, -0.2) is 5.01 Å². The SMILES string of the molecule is CCOC1N(C)C(=O)C(C#N)=NN1c1ccc(OC)cc1. The van der Waals surface area contributed by atoms with E-state index in [0.29, 0.717) is 18.0 Å².